The number of rotatable bonds is 2. The molecule has 6 heteroatoms. The monoisotopic (exact) mass is 361 g/mol. The van der Waals surface area contributed by atoms with Gasteiger partial charge in [0.05, 0.1) is 0 Å². The fourth-order valence-electron chi connectivity index (χ4n) is 2.18. The SMILES string of the molecule is O=C1Nc2ccccc2[C@H]1NC(=S)Nc1ccc(Br)cc1. The predicted octanol–water partition coefficient (Wildman–Crippen LogP) is 3.43. The number of hydrogen-bond acceptors (Lipinski definition) is 2. The normalized spacial score (nSPS) is 16.0. The molecule has 1 atom stereocenters. The van der Waals surface area contributed by atoms with Crippen molar-refractivity contribution in [3.05, 3.63) is 58.6 Å². The van der Waals surface area contributed by atoms with Gasteiger partial charge in [-0.15, -0.1) is 0 Å². The first kappa shape index (κ1) is 14.0. The number of amides is 1. The second-order valence-electron chi connectivity index (χ2n) is 4.61. The molecule has 3 rings (SSSR count). The van der Waals surface area contributed by atoms with E-state index in [1.807, 2.05) is 48.5 Å². The summed E-state index contributed by atoms with van der Waals surface area (Å²) in [6.45, 7) is 0. The van der Waals surface area contributed by atoms with Crippen LogP contribution in [-0.4, -0.2) is 11.0 Å². The van der Waals surface area contributed by atoms with E-state index in [0.29, 0.717) is 5.11 Å². The molecule has 1 heterocycles. The van der Waals surface area contributed by atoms with Gasteiger partial charge < -0.3 is 16.0 Å². The molecule has 0 spiro atoms. The molecule has 2 aromatic rings. The number of carbonyl (C=O) groups excluding carboxylic acids is 1. The highest BCUT2D eigenvalue weighted by Crippen LogP contribution is 2.30. The zero-order chi connectivity index (χ0) is 14.8. The van der Waals surface area contributed by atoms with E-state index in [9.17, 15) is 4.79 Å². The van der Waals surface area contributed by atoms with Crippen LogP contribution in [0.2, 0.25) is 0 Å². The molecular formula is C15H12BrN3OS. The maximum Gasteiger partial charge on any atom is 0.251 e. The average molecular weight is 362 g/mol. The lowest BCUT2D eigenvalue weighted by atomic mass is 10.1. The van der Waals surface area contributed by atoms with Gasteiger partial charge in [0.2, 0.25) is 0 Å². The highest BCUT2D eigenvalue weighted by atomic mass is 79.9. The third-order valence-corrected chi connectivity index (χ3v) is 3.92. The molecule has 0 saturated heterocycles. The minimum Gasteiger partial charge on any atom is -0.347 e. The summed E-state index contributed by atoms with van der Waals surface area (Å²) in [4.78, 5) is 12.0. The largest absolute Gasteiger partial charge is 0.347 e. The Kier molecular flexibility index (Phi) is 3.90. The Bertz CT molecular complexity index is 702. The van der Waals surface area contributed by atoms with Crippen molar-refractivity contribution in [1.82, 2.24) is 5.32 Å². The van der Waals surface area contributed by atoms with E-state index < -0.39 is 6.04 Å². The molecule has 0 fully saturated rings. The summed E-state index contributed by atoms with van der Waals surface area (Å²) in [5, 5.41) is 9.35. The van der Waals surface area contributed by atoms with Gasteiger partial charge >= 0.3 is 0 Å². The van der Waals surface area contributed by atoms with Crippen molar-refractivity contribution < 1.29 is 4.79 Å². The van der Waals surface area contributed by atoms with Crippen molar-refractivity contribution in [3.8, 4) is 0 Å². The van der Waals surface area contributed by atoms with Crippen LogP contribution in [-0.2, 0) is 4.79 Å². The van der Waals surface area contributed by atoms with E-state index in [1.165, 1.54) is 0 Å². The van der Waals surface area contributed by atoms with Crippen LogP contribution < -0.4 is 16.0 Å². The third-order valence-electron chi connectivity index (χ3n) is 3.17. The molecule has 2 aromatic carbocycles. The number of fused-ring (bicyclic) bond motifs is 1. The Morgan fingerprint density at radius 2 is 1.86 bits per heavy atom. The van der Waals surface area contributed by atoms with Crippen LogP contribution in [0.15, 0.2) is 53.0 Å². The average Bonchev–Trinajstić information content (AvgIpc) is 2.78. The second-order valence-corrected chi connectivity index (χ2v) is 5.94. The number of halogens is 1. The molecule has 0 aromatic heterocycles. The van der Waals surface area contributed by atoms with Gasteiger partial charge in [-0.3, -0.25) is 4.79 Å². The Hall–Kier alpha value is -1.92. The zero-order valence-corrected chi connectivity index (χ0v) is 13.3. The first-order valence-corrected chi connectivity index (χ1v) is 7.56. The van der Waals surface area contributed by atoms with Gasteiger partial charge in [0.15, 0.2) is 5.11 Å². The number of carbonyl (C=O) groups is 1. The van der Waals surface area contributed by atoms with Crippen molar-refractivity contribution in [3.63, 3.8) is 0 Å². The summed E-state index contributed by atoms with van der Waals surface area (Å²) < 4.78 is 0.996. The van der Waals surface area contributed by atoms with Gasteiger partial charge in [-0.25, -0.2) is 0 Å². The van der Waals surface area contributed by atoms with Crippen LogP contribution >= 0.6 is 28.1 Å². The van der Waals surface area contributed by atoms with Gasteiger partial charge in [-0.05, 0) is 42.5 Å². The second kappa shape index (κ2) is 5.83. The van der Waals surface area contributed by atoms with E-state index >= 15 is 0 Å². The van der Waals surface area contributed by atoms with E-state index in [2.05, 4.69) is 31.9 Å². The summed E-state index contributed by atoms with van der Waals surface area (Å²) >= 11 is 8.65. The molecule has 3 N–H and O–H groups in total. The molecule has 0 bridgehead atoms. The topological polar surface area (TPSA) is 53.2 Å². The molecular weight excluding hydrogens is 350 g/mol. The molecule has 0 saturated carbocycles. The number of hydrogen-bond donors (Lipinski definition) is 3. The smallest absolute Gasteiger partial charge is 0.251 e. The Balaban J connectivity index is 1.70. The van der Waals surface area contributed by atoms with Crippen molar-refractivity contribution in [2.24, 2.45) is 0 Å². The third kappa shape index (κ3) is 3.06. The summed E-state index contributed by atoms with van der Waals surface area (Å²) in [6.07, 6.45) is 0. The van der Waals surface area contributed by atoms with E-state index in [0.717, 1.165) is 21.4 Å². The van der Waals surface area contributed by atoms with E-state index in [4.69, 9.17) is 12.2 Å². The molecule has 106 valence electrons. The predicted molar refractivity (Wildman–Crippen MR) is 91.3 cm³/mol. The van der Waals surface area contributed by atoms with Crippen LogP contribution in [0, 0.1) is 0 Å². The van der Waals surface area contributed by atoms with Crippen LogP contribution in [0.3, 0.4) is 0 Å². The summed E-state index contributed by atoms with van der Waals surface area (Å²) in [7, 11) is 0. The number of para-hydroxylation sites is 1. The lowest BCUT2D eigenvalue weighted by Crippen LogP contribution is -2.35. The fourth-order valence-corrected chi connectivity index (χ4v) is 2.68. The van der Waals surface area contributed by atoms with Crippen molar-refractivity contribution in [2.75, 3.05) is 10.6 Å². The molecule has 0 radical (unpaired) electrons. The Morgan fingerprint density at radius 1 is 1.14 bits per heavy atom. The number of thiocarbonyl (C=S) groups is 1. The Morgan fingerprint density at radius 3 is 2.62 bits per heavy atom. The van der Waals surface area contributed by atoms with Crippen molar-refractivity contribution in [1.29, 1.82) is 0 Å². The Labute approximate surface area is 136 Å². The standard InChI is InChI=1S/C15H12BrN3OS/c16-9-5-7-10(8-6-9)17-15(21)19-13-11-3-1-2-4-12(11)18-14(13)20/h1-8,13H,(H,18,20)(H2,17,19,21)/t13-/m1/s1. The molecule has 4 nitrogen and oxygen atoms in total. The summed E-state index contributed by atoms with van der Waals surface area (Å²) in [5.41, 5.74) is 2.59. The highest BCUT2D eigenvalue weighted by molar-refractivity contribution is 9.10. The first-order chi connectivity index (χ1) is 10.1. The molecule has 1 aliphatic rings. The van der Waals surface area contributed by atoms with Gasteiger partial charge in [0, 0.05) is 21.4 Å². The number of anilines is 2. The van der Waals surface area contributed by atoms with E-state index in [-0.39, 0.29) is 5.91 Å². The van der Waals surface area contributed by atoms with Crippen LogP contribution in [0.25, 0.3) is 0 Å². The zero-order valence-electron chi connectivity index (χ0n) is 10.9. The lowest BCUT2D eigenvalue weighted by Gasteiger charge is -2.15. The highest BCUT2D eigenvalue weighted by Gasteiger charge is 2.30. The summed E-state index contributed by atoms with van der Waals surface area (Å²) in [5.74, 6) is -0.101. The van der Waals surface area contributed by atoms with Crippen molar-refractivity contribution in [2.45, 2.75) is 6.04 Å². The van der Waals surface area contributed by atoms with Crippen LogP contribution in [0.5, 0.6) is 0 Å². The summed E-state index contributed by atoms with van der Waals surface area (Å²) in [6, 6.07) is 14.8. The molecule has 1 amide bonds. The molecule has 21 heavy (non-hydrogen) atoms. The molecule has 1 aliphatic heterocycles. The molecule has 0 unspecified atom stereocenters. The van der Waals surface area contributed by atoms with Crippen LogP contribution in [0.1, 0.15) is 11.6 Å². The quantitative estimate of drug-likeness (QED) is 0.717. The lowest BCUT2D eigenvalue weighted by molar-refractivity contribution is -0.117. The molecule has 0 aliphatic carbocycles. The van der Waals surface area contributed by atoms with Gasteiger partial charge in [-0.2, -0.15) is 0 Å². The van der Waals surface area contributed by atoms with Gasteiger partial charge in [-0.1, -0.05) is 34.1 Å². The minimum absolute atomic E-state index is 0.101. The first-order valence-electron chi connectivity index (χ1n) is 6.36. The van der Waals surface area contributed by atoms with Crippen LogP contribution in [0.4, 0.5) is 11.4 Å². The van der Waals surface area contributed by atoms with Gasteiger partial charge in [0.1, 0.15) is 6.04 Å². The maximum atomic E-state index is 12.0. The maximum absolute atomic E-state index is 12.0. The minimum atomic E-state index is -0.461. The fraction of sp³-hybridized carbons (Fsp3) is 0.0667. The number of benzene rings is 2. The van der Waals surface area contributed by atoms with Crippen molar-refractivity contribution >= 4 is 50.5 Å². The number of nitrogens with one attached hydrogen (secondary N) is 3. The van der Waals surface area contributed by atoms with E-state index in [1.54, 1.807) is 0 Å². The van der Waals surface area contributed by atoms with Gasteiger partial charge in [0.25, 0.3) is 5.91 Å².